The third kappa shape index (κ3) is 2.58. The Labute approximate surface area is 73.0 Å². The number of nitrogens with zero attached hydrogens (tertiary/aromatic N) is 2. The molecule has 0 aliphatic carbocycles. The van der Waals surface area contributed by atoms with Crippen LogP contribution in [-0.4, -0.2) is 10.2 Å². The largest absolute Gasteiger partial charge is 0.323 e. The van der Waals surface area contributed by atoms with E-state index < -0.39 is 0 Å². The van der Waals surface area contributed by atoms with Gasteiger partial charge in [0.15, 0.2) is 0 Å². The van der Waals surface area contributed by atoms with E-state index >= 15 is 0 Å². The van der Waals surface area contributed by atoms with Gasteiger partial charge in [-0.2, -0.15) is 10.2 Å². The molecule has 0 bridgehead atoms. The summed E-state index contributed by atoms with van der Waals surface area (Å²) in [5.41, 5.74) is 6.77. The van der Waals surface area contributed by atoms with Crippen LogP contribution in [0, 0.1) is 5.92 Å². The molecule has 1 rings (SSSR count). The first-order valence-corrected chi connectivity index (χ1v) is 4.23. The van der Waals surface area contributed by atoms with Crippen molar-refractivity contribution in [3.05, 3.63) is 24.0 Å². The molecule has 1 aromatic heterocycles. The predicted octanol–water partition coefficient (Wildman–Crippen LogP) is 1.52. The zero-order valence-electron chi connectivity index (χ0n) is 7.57. The lowest BCUT2D eigenvalue weighted by atomic mass is 10.0. The summed E-state index contributed by atoms with van der Waals surface area (Å²) >= 11 is 0. The lowest BCUT2D eigenvalue weighted by Crippen LogP contribution is -2.14. The standard InChI is InChI=1S/C9H15N3/c1-7(2)6-8(10)9-4-3-5-11-12-9/h3-5,7-8H,6,10H2,1-2H3. The second kappa shape index (κ2) is 4.16. The summed E-state index contributed by atoms with van der Waals surface area (Å²) in [6.45, 7) is 4.30. The highest BCUT2D eigenvalue weighted by Crippen LogP contribution is 2.15. The van der Waals surface area contributed by atoms with Gasteiger partial charge in [-0.1, -0.05) is 13.8 Å². The summed E-state index contributed by atoms with van der Waals surface area (Å²) < 4.78 is 0. The molecule has 0 saturated carbocycles. The zero-order valence-corrected chi connectivity index (χ0v) is 7.57. The molecule has 12 heavy (non-hydrogen) atoms. The molecule has 0 amide bonds. The Hall–Kier alpha value is -0.960. The summed E-state index contributed by atoms with van der Waals surface area (Å²) in [5.74, 6) is 0.599. The number of hydrogen-bond acceptors (Lipinski definition) is 3. The van der Waals surface area contributed by atoms with E-state index in [1.165, 1.54) is 0 Å². The van der Waals surface area contributed by atoms with Crippen LogP contribution in [-0.2, 0) is 0 Å². The highest BCUT2D eigenvalue weighted by atomic mass is 15.1. The van der Waals surface area contributed by atoms with Crippen LogP contribution in [0.1, 0.15) is 32.0 Å². The van der Waals surface area contributed by atoms with Gasteiger partial charge in [-0.15, -0.1) is 0 Å². The Morgan fingerprint density at radius 3 is 2.75 bits per heavy atom. The van der Waals surface area contributed by atoms with Crippen LogP contribution in [0.3, 0.4) is 0 Å². The summed E-state index contributed by atoms with van der Waals surface area (Å²) in [4.78, 5) is 0. The number of hydrogen-bond donors (Lipinski definition) is 1. The van der Waals surface area contributed by atoms with Crippen molar-refractivity contribution < 1.29 is 0 Å². The Balaban J connectivity index is 2.59. The van der Waals surface area contributed by atoms with Crippen molar-refractivity contribution in [2.75, 3.05) is 0 Å². The van der Waals surface area contributed by atoms with Crippen molar-refractivity contribution in [1.29, 1.82) is 0 Å². The SMILES string of the molecule is CC(C)CC(N)c1cccnn1. The summed E-state index contributed by atoms with van der Waals surface area (Å²) in [5, 5.41) is 7.74. The van der Waals surface area contributed by atoms with Crippen LogP contribution >= 0.6 is 0 Å². The van der Waals surface area contributed by atoms with E-state index in [-0.39, 0.29) is 6.04 Å². The van der Waals surface area contributed by atoms with Crippen molar-refractivity contribution in [3.63, 3.8) is 0 Å². The summed E-state index contributed by atoms with van der Waals surface area (Å²) in [7, 11) is 0. The normalized spacial score (nSPS) is 13.3. The van der Waals surface area contributed by atoms with Crippen molar-refractivity contribution >= 4 is 0 Å². The number of aromatic nitrogens is 2. The first-order chi connectivity index (χ1) is 5.70. The maximum absolute atomic E-state index is 5.89. The van der Waals surface area contributed by atoms with Crippen LogP contribution in [0.4, 0.5) is 0 Å². The summed E-state index contributed by atoms with van der Waals surface area (Å²) in [6, 6.07) is 3.81. The molecule has 0 fully saturated rings. The molecule has 0 spiro atoms. The molecule has 3 heteroatoms. The Morgan fingerprint density at radius 2 is 2.25 bits per heavy atom. The fourth-order valence-corrected chi connectivity index (χ4v) is 1.14. The molecule has 0 radical (unpaired) electrons. The van der Waals surface area contributed by atoms with Crippen molar-refractivity contribution in [2.24, 2.45) is 11.7 Å². The average Bonchev–Trinajstić information content (AvgIpc) is 2.05. The average molecular weight is 165 g/mol. The van der Waals surface area contributed by atoms with Gasteiger partial charge in [0.05, 0.1) is 5.69 Å². The van der Waals surface area contributed by atoms with E-state index in [1.807, 2.05) is 12.1 Å². The summed E-state index contributed by atoms with van der Waals surface area (Å²) in [6.07, 6.45) is 2.62. The molecular weight excluding hydrogens is 150 g/mol. The molecule has 1 heterocycles. The molecule has 0 aliphatic rings. The quantitative estimate of drug-likeness (QED) is 0.738. The number of nitrogens with two attached hydrogens (primary N) is 1. The molecule has 66 valence electrons. The molecule has 0 aromatic carbocycles. The Bertz CT molecular complexity index is 220. The Kier molecular flexibility index (Phi) is 3.17. The minimum Gasteiger partial charge on any atom is -0.323 e. The van der Waals surface area contributed by atoms with E-state index in [9.17, 15) is 0 Å². The maximum Gasteiger partial charge on any atom is 0.0798 e. The fourth-order valence-electron chi connectivity index (χ4n) is 1.14. The van der Waals surface area contributed by atoms with Gasteiger partial charge >= 0.3 is 0 Å². The van der Waals surface area contributed by atoms with Gasteiger partial charge in [-0.25, -0.2) is 0 Å². The third-order valence-electron chi connectivity index (χ3n) is 1.70. The second-order valence-electron chi connectivity index (χ2n) is 3.38. The maximum atomic E-state index is 5.89. The first kappa shape index (κ1) is 9.13. The van der Waals surface area contributed by atoms with Crippen molar-refractivity contribution in [1.82, 2.24) is 10.2 Å². The molecule has 3 nitrogen and oxygen atoms in total. The van der Waals surface area contributed by atoms with Crippen molar-refractivity contribution in [3.8, 4) is 0 Å². The molecule has 1 atom stereocenters. The van der Waals surface area contributed by atoms with Gasteiger partial charge in [-0.05, 0) is 24.5 Å². The smallest absolute Gasteiger partial charge is 0.0798 e. The van der Waals surface area contributed by atoms with E-state index in [4.69, 9.17) is 5.73 Å². The topological polar surface area (TPSA) is 51.8 Å². The van der Waals surface area contributed by atoms with Gasteiger partial charge in [0.1, 0.15) is 0 Å². The lowest BCUT2D eigenvalue weighted by Gasteiger charge is -2.11. The second-order valence-corrected chi connectivity index (χ2v) is 3.38. The molecular formula is C9H15N3. The van der Waals surface area contributed by atoms with Crippen LogP contribution in [0.2, 0.25) is 0 Å². The van der Waals surface area contributed by atoms with E-state index in [2.05, 4.69) is 24.0 Å². The molecule has 2 N–H and O–H groups in total. The minimum absolute atomic E-state index is 0.0266. The monoisotopic (exact) mass is 165 g/mol. The Morgan fingerprint density at radius 1 is 1.50 bits per heavy atom. The van der Waals surface area contributed by atoms with E-state index in [0.29, 0.717) is 5.92 Å². The van der Waals surface area contributed by atoms with Gasteiger partial charge in [0, 0.05) is 12.2 Å². The van der Waals surface area contributed by atoms with Crippen molar-refractivity contribution in [2.45, 2.75) is 26.3 Å². The highest BCUT2D eigenvalue weighted by Gasteiger charge is 2.08. The number of rotatable bonds is 3. The molecule has 1 aromatic rings. The van der Waals surface area contributed by atoms with Crippen LogP contribution < -0.4 is 5.73 Å². The van der Waals surface area contributed by atoms with Gasteiger partial charge < -0.3 is 5.73 Å². The zero-order chi connectivity index (χ0) is 8.97. The van der Waals surface area contributed by atoms with Crippen LogP contribution in [0.5, 0.6) is 0 Å². The highest BCUT2D eigenvalue weighted by molar-refractivity contribution is 5.04. The fraction of sp³-hybridized carbons (Fsp3) is 0.556. The van der Waals surface area contributed by atoms with Crippen LogP contribution in [0.15, 0.2) is 18.3 Å². The van der Waals surface area contributed by atoms with Gasteiger partial charge in [-0.3, -0.25) is 0 Å². The lowest BCUT2D eigenvalue weighted by molar-refractivity contribution is 0.499. The first-order valence-electron chi connectivity index (χ1n) is 4.23. The molecule has 0 aliphatic heterocycles. The van der Waals surface area contributed by atoms with Gasteiger partial charge in [0.2, 0.25) is 0 Å². The third-order valence-corrected chi connectivity index (χ3v) is 1.70. The van der Waals surface area contributed by atoms with E-state index in [0.717, 1.165) is 12.1 Å². The molecule has 0 saturated heterocycles. The van der Waals surface area contributed by atoms with Crippen LogP contribution in [0.25, 0.3) is 0 Å². The van der Waals surface area contributed by atoms with E-state index in [1.54, 1.807) is 6.20 Å². The minimum atomic E-state index is 0.0266. The molecule has 1 unspecified atom stereocenters. The van der Waals surface area contributed by atoms with Gasteiger partial charge in [0.25, 0.3) is 0 Å². The predicted molar refractivity (Wildman–Crippen MR) is 48.4 cm³/mol.